The summed E-state index contributed by atoms with van der Waals surface area (Å²) in [6.45, 7) is 0. The molecule has 0 bridgehead atoms. The number of H-pyrrole nitrogens is 1. The van der Waals surface area contributed by atoms with Crippen LogP contribution in [0.4, 0.5) is 5.69 Å². The summed E-state index contributed by atoms with van der Waals surface area (Å²) in [5.41, 5.74) is 8.78. The molecule has 13 heavy (non-hydrogen) atoms. The molecule has 2 aromatic heterocycles. The third-order valence-corrected chi connectivity index (χ3v) is 1.77. The summed E-state index contributed by atoms with van der Waals surface area (Å²) in [4.78, 5) is 18.1. The van der Waals surface area contributed by atoms with Gasteiger partial charge in [0.2, 0.25) is 5.43 Å². The van der Waals surface area contributed by atoms with Gasteiger partial charge in [-0.3, -0.25) is 9.78 Å². The number of fused-ring (bicyclic) bond motifs is 1. The van der Waals surface area contributed by atoms with Crippen LogP contribution in [0.3, 0.4) is 0 Å². The van der Waals surface area contributed by atoms with Gasteiger partial charge in [0.1, 0.15) is 5.69 Å². The summed E-state index contributed by atoms with van der Waals surface area (Å²) in [6, 6.07) is 1.57. The first-order valence-electron chi connectivity index (χ1n) is 3.63. The molecule has 0 aliphatic heterocycles. The first-order chi connectivity index (χ1) is 6.33. The molecule has 64 valence electrons. The highest BCUT2D eigenvalue weighted by Crippen LogP contribution is 2.09. The van der Waals surface area contributed by atoms with Gasteiger partial charge in [0.05, 0.1) is 17.1 Å². The first kappa shape index (κ1) is 7.60. The molecular formula is C8H5N4O-. The zero-order valence-electron chi connectivity index (χ0n) is 6.56. The van der Waals surface area contributed by atoms with Gasteiger partial charge in [0.25, 0.3) is 0 Å². The molecule has 0 aromatic carbocycles. The van der Waals surface area contributed by atoms with Gasteiger partial charge in [0, 0.05) is 12.4 Å². The lowest BCUT2D eigenvalue weighted by Gasteiger charge is -1.99. The van der Waals surface area contributed by atoms with Crippen LogP contribution in [0.5, 0.6) is 0 Å². The number of aromatic amines is 1. The Bertz CT molecular complexity index is 517. The summed E-state index contributed by atoms with van der Waals surface area (Å²) in [7, 11) is 0. The lowest BCUT2D eigenvalue weighted by molar-refractivity contribution is 1.28. The zero-order valence-corrected chi connectivity index (χ0v) is 6.56. The standard InChI is InChI=1S/C8H5N4O/c9-12-7-4-11-6-3-10-2-1-5(6)8(7)13/h1-4H,(H,11,13)/q-1. The maximum absolute atomic E-state index is 11.5. The Hall–Kier alpha value is -2.04. The van der Waals surface area contributed by atoms with E-state index in [1.807, 2.05) is 0 Å². The number of pyridine rings is 2. The normalized spacial score (nSPS) is 10.2. The van der Waals surface area contributed by atoms with Gasteiger partial charge in [-0.1, -0.05) is 0 Å². The molecule has 0 amide bonds. The van der Waals surface area contributed by atoms with Crippen molar-refractivity contribution in [1.29, 1.82) is 0 Å². The van der Waals surface area contributed by atoms with Gasteiger partial charge < -0.3 is 15.6 Å². The largest absolute Gasteiger partial charge is 0.706 e. The van der Waals surface area contributed by atoms with Crippen molar-refractivity contribution in [1.82, 2.24) is 9.97 Å². The van der Waals surface area contributed by atoms with Gasteiger partial charge in [-0.2, -0.15) is 0 Å². The lowest BCUT2D eigenvalue weighted by Crippen LogP contribution is -2.01. The van der Waals surface area contributed by atoms with Crippen molar-refractivity contribution < 1.29 is 0 Å². The number of nitrogens with one attached hydrogen (secondary N) is 1. The van der Waals surface area contributed by atoms with Gasteiger partial charge in [-0.25, -0.2) is 0 Å². The molecule has 2 rings (SSSR count). The smallest absolute Gasteiger partial charge is 0.213 e. The van der Waals surface area contributed by atoms with Crippen molar-refractivity contribution in [2.45, 2.75) is 0 Å². The number of nitrogens with zero attached hydrogens (tertiary/aromatic N) is 3. The van der Waals surface area contributed by atoms with E-state index in [1.54, 1.807) is 6.07 Å². The summed E-state index contributed by atoms with van der Waals surface area (Å²) in [6.07, 6.45) is 4.39. The molecule has 0 aliphatic carbocycles. The van der Waals surface area contributed by atoms with Crippen molar-refractivity contribution in [2.75, 3.05) is 0 Å². The van der Waals surface area contributed by atoms with Crippen molar-refractivity contribution in [3.05, 3.63) is 40.4 Å². The van der Waals surface area contributed by atoms with Gasteiger partial charge in [0.15, 0.2) is 0 Å². The van der Waals surface area contributed by atoms with E-state index in [9.17, 15) is 4.79 Å². The second-order valence-electron chi connectivity index (χ2n) is 2.52. The van der Waals surface area contributed by atoms with E-state index < -0.39 is 0 Å². The molecule has 0 unspecified atom stereocenters. The van der Waals surface area contributed by atoms with Crippen molar-refractivity contribution in [3.8, 4) is 0 Å². The maximum atomic E-state index is 11.5. The fourth-order valence-corrected chi connectivity index (χ4v) is 1.13. The van der Waals surface area contributed by atoms with Crippen LogP contribution in [-0.2, 0) is 0 Å². The van der Waals surface area contributed by atoms with E-state index in [4.69, 9.17) is 5.53 Å². The summed E-state index contributed by atoms with van der Waals surface area (Å²) in [5, 5.41) is 3.32. The number of rotatable bonds is 1. The highest BCUT2D eigenvalue weighted by atomic mass is 16.1. The number of aromatic nitrogens is 2. The molecule has 2 heterocycles. The van der Waals surface area contributed by atoms with Crippen molar-refractivity contribution >= 4 is 16.6 Å². The molecule has 0 fully saturated rings. The Balaban J connectivity index is 2.95. The topological polar surface area (TPSA) is 80.4 Å². The van der Waals surface area contributed by atoms with Crippen LogP contribution in [0.25, 0.3) is 16.4 Å². The Morgan fingerprint density at radius 1 is 1.54 bits per heavy atom. The third kappa shape index (κ3) is 1.10. The molecule has 0 atom stereocenters. The van der Waals surface area contributed by atoms with E-state index in [2.05, 4.69) is 15.1 Å². The zero-order chi connectivity index (χ0) is 9.26. The highest BCUT2D eigenvalue weighted by molar-refractivity contribution is 5.79. The molecular weight excluding hydrogens is 168 g/mol. The minimum absolute atomic E-state index is 0.00120. The van der Waals surface area contributed by atoms with E-state index in [1.165, 1.54) is 18.6 Å². The fourth-order valence-electron chi connectivity index (χ4n) is 1.13. The lowest BCUT2D eigenvalue weighted by atomic mass is 10.2. The Morgan fingerprint density at radius 2 is 2.38 bits per heavy atom. The van der Waals surface area contributed by atoms with Crippen LogP contribution in [0.15, 0.2) is 34.6 Å². The van der Waals surface area contributed by atoms with Gasteiger partial charge in [-0.05, 0) is 6.07 Å². The molecule has 0 radical (unpaired) electrons. The molecule has 1 N–H and O–H groups in total. The SMILES string of the molecule is [N-]=Nc1c[nH]c2cnccc2c1=O. The molecule has 5 nitrogen and oxygen atoms in total. The van der Waals surface area contributed by atoms with Crippen LogP contribution in [0.2, 0.25) is 0 Å². The monoisotopic (exact) mass is 173 g/mol. The summed E-state index contributed by atoms with van der Waals surface area (Å²) in [5.74, 6) is 0. The summed E-state index contributed by atoms with van der Waals surface area (Å²) < 4.78 is 0. The number of hydrogen-bond acceptors (Lipinski definition) is 3. The summed E-state index contributed by atoms with van der Waals surface area (Å²) >= 11 is 0. The molecule has 0 spiro atoms. The maximum Gasteiger partial charge on any atom is 0.213 e. The molecule has 5 heteroatoms. The second kappa shape index (κ2) is 2.78. The van der Waals surface area contributed by atoms with E-state index in [-0.39, 0.29) is 11.1 Å². The van der Waals surface area contributed by atoms with Crippen LogP contribution in [-0.4, -0.2) is 9.97 Å². The van der Waals surface area contributed by atoms with Crippen LogP contribution in [0.1, 0.15) is 0 Å². The predicted octanol–water partition coefficient (Wildman–Crippen LogP) is 1.58. The Labute approximate surface area is 73.0 Å². The van der Waals surface area contributed by atoms with Crippen LogP contribution >= 0.6 is 0 Å². The van der Waals surface area contributed by atoms with E-state index in [0.717, 1.165) is 0 Å². The highest BCUT2D eigenvalue weighted by Gasteiger charge is 2.00. The van der Waals surface area contributed by atoms with Crippen molar-refractivity contribution in [2.24, 2.45) is 5.11 Å². The van der Waals surface area contributed by atoms with Crippen LogP contribution < -0.4 is 5.43 Å². The minimum atomic E-state index is -0.307. The van der Waals surface area contributed by atoms with E-state index in [0.29, 0.717) is 10.9 Å². The fraction of sp³-hybridized carbons (Fsp3) is 0. The van der Waals surface area contributed by atoms with Crippen molar-refractivity contribution in [3.63, 3.8) is 0 Å². The average molecular weight is 173 g/mol. The molecule has 0 saturated carbocycles. The minimum Gasteiger partial charge on any atom is -0.706 e. The molecule has 2 aromatic rings. The second-order valence-corrected chi connectivity index (χ2v) is 2.52. The number of hydrogen-bond donors (Lipinski definition) is 1. The van der Waals surface area contributed by atoms with Crippen LogP contribution in [0, 0.1) is 0 Å². The predicted molar refractivity (Wildman–Crippen MR) is 47.8 cm³/mol. The van der Waals surface area contributed by atoms with Gasteiger partial charge >= 0.3 is 0 Å². The quantitative estimate of drug-likeness (QED) is 0.664. The third-order valence-electron chi connectivity index (χ3n) is 1.77. The Kier molecular flexibility index (Phi) is 1.63. The first-order valence-corrected chi connectivity index (χ1v) is 3.63. The molecule has 0 saturated heterocycles. The van der Waals surface area contributed by atoms with E-state index >= 15 is 0 Å². The van der Waals surface area contributed by atoms with Gasteiger partial charge in [-0.15, -0.1) is 0 Å². The average Bonchev–Trinajstić information content (AvgIpc) is 2.19. The Morgan fingerprint density at radius 3 is 3.15 bits per heavy atom. The molecule has 0 aliphatic rings.